The fourth-order valence-electron chi connectivity index (χ4n) is 2.47. The van der Waals surface area contributed by atoms with Gasteiger partial charge in [0.05, 0.1) is 5.92 Å². The third-order valence-corrected chi connectivity index (χ3v) is 3.76. The highest BCUT2D eigenvalue weighted by Crippen LogP contribution is 2.18. The molecule has 0 radical (unpaired) electrons. The number of carbonyl (C=O) groups is 1. The number of hydrogen-bond acceptors (Lipinski definition) is 4. The highest BCUT2D eigenvalue weighted by atomic mass is 35.5. The van der Waals surface area contributed by atoms with Gasteiger partial charge in [-0.3, -0.25) is 4.79 Å². The van der Waals surface area contributed by atoms with Gasteiger partial charge in [-0.15, -0.1) is 12.4 Å². The normalized spacial score (nSPS) is 19.2. The first-order valence-electron chi connectivity index (χ1n) is 6.60. The molecule has 2 saturated heterocycles. The summed E-state index contributed by atoms with van der Waals surface area (Å²) in [6, 6.07) is 3.00. The molecule has 1 N–H and O–H groups in total. The largest absolute Gasteiger partial charge is 0.351 e. The molecule has 0 atom stereocenters. The number of rotatable bonds is 2. The number of anilines is 1. The molecule has 110 valence electrons. The molecule has 5 nitrogen and oxygen atoms in total. The van der Waals surface area contributed by atoms with Crippen molar-refractivity contribution in [1.29, 1.82) is 0 Å². The lowest BCUT2D eigenvalue weighted by Crippen LogP contribution is -2.56. The van der Waals surface area contributed by atoms with Crippen molar-refractivity contribution in [2.24, 2.45) is 5.92 Å². The first kappa shape index (κ1) is 15.0. The molecule has 0 spiro atoms. The van der Waals surface area contributed by atoms with E-state index in [1.807, 2.05) is 9.80 Å². The number of nitrogens with zero attached hydrogens (tertiary/aromatic N) is 3. The Morgan fingerprint density at radius 2 is 2.00 bits per heavy atom. The van der Waals surface area contributed by atoms with E-state index >= 15 is 0 Å². The van der Waals surface area contributed by atoms with Crippen molar-refractivity contribution >= 4 is 24.1 Å². The number of halogens is 2. The Morgan fingerprint density at radius 1 is 1.30 bits per heavy atom. The molecule has 2 aliphatic rings. The van der Waals surface area contributed by atoms with Crippen LogP contribution in [0.3, 0.4) is 0 Å². The maximum atomic E-state index is 13.6. The number of piperazine rings is 1. The highest BCUT2D eigenvalue weighted by molar-refractivity contribution is 5.85. The SMILES string of the molecule is Cl.O=C(C1CNC1)N1CCN(c2ncccc2F)CC1. The van der Waals surface area contributed by atoms with Crippen LogP contribution in [0.25, 0.3) is 0 Å². The van der Waals surface area contributed by atoms with Crippen molar-refractivity contribution in [3.63, 3.8) is 0 Å². The molecule has 0 aliphatic carbocycles. The lowest BCUT2D eigenvalue weighted by atomic mass is 10.0. The quantitative estimate of drug-likeness (QED) is 0.865. The molecule has 0 aromatic carbocycles. The maximum absolute atomic E-state index is 13.6. The van der Waals surface area contributed by atoms with Gasteiger partial charge in [0.1, 0.15) is 0 Å². The smallest absolute Gasteiger partial charge is 0.228 e. The number of hydrogen-bond donors (Lipinski definition) is 1. The Labute approximate surface area is 123 Å². The summed E-state index contributed by atoms with van der Waals surface area (Å²) < 4.78 is 13.6. The third-order valence-electron chi connectivity index (χ3n) is 3.76. The van der Waals surface area contributed by atoms with E-state index in [1.54, 1.807) is 12.3 Å². The Hall–Kier alpha value is -1.40. The van der Waals surface area contributed by atoms with Crippen LogP contribution in [0.1, 0.15) is 0 Å². The molecular weight excluding hydrogens is 283 g/mol. The zero-order chi connectivity index (χ0) is 13.2. The van der Waals surface area contributed by atoms with Gasteiger partial charge < -0.3 is 15.1 Å². The van der Waals surface area contributed by atoms with Crippen LogP contribution in [0.2, 0.25) is 0 Å². The number of nitrogens with one attached hydrogen (secondary N) is 1. The van der Waals surface area contributed by atoms with Crippen molar-refractivity contribution in [3.8, 4) is 0 Å². The molecule has 3 rings (SSSR count). The van der Waals surface area contributed by atoms with Gasteiger partial charge in [0, 0.05) is 45.5 Å². The standard InChI is InChI=1S/C13H17FN4O.ClH/c14-11-2-1-3-16-12(11)17-4-6-18(7-5-17)13(19)10-8-15-9-10;/h1-3,10,15H,4-9H2;1H. The number of amides is 1. The minimum atomic E-state index is -0.300. The maximum Gasteiger partial charge on any atom is 0.228 e. The van der Waals surface area contributed by atoms with Gasteiger partial charge in [-0.2, -0.15) is 0 Å². The second kappa shape index (κ2) is 6.37. The Balaban J connectivity index is 0.00000147. The van der Waals surface area contributed by atoms with Gasteiger partial charge in [0.25, 0.3) is 0 Å². The summed E-state index contributed by atoms with van der Waals surface area (Å²) in [5.74, 6) is 0.448. The van der Waals surface area contributed by atoms with Crippen LogP contribution >= 0.6 is 12.4 Å². The summed E-state index contributed by atoms with van der Waals surface area (Å²) in [4.78, 5) is 19.9. The number of aromatic nitrogens is 1. The summed E-state index contributed by atoms with van der Waals surface area (Å²) in [6.07, 6.45) is 1.59. The molecule has 1 amide bonds. The predicted octanol–water partition coefficient (Wildman–Crippen LogP) is 0.510. The Morgan fingerprint density at radius 3 is 2.55 bits per heavy atom. The minimum absolute atomic E-state index is 0. The molecule has 2 fully saturated rings. The average Bonchev–Trinajstić information content (AvgIpc) is 2.37. The summed E-state index contributed by atoms with van der Waals surface area (Å²) in [5.41, 5.74) is 0. The second-order valence-corrected chi connectivity index (χ2v) is 4.98. The molecule has 2 aliphatic heterocycles. The van der Waals surface area contributed by atoms with Gasteiger partial charge in [-0.25, -0.2) is 9.37 Å². The molecule has 0 saturated carbocycles. The van der Waals surface area contributed by atoms with Crippen molar-refractivity contribution in [3.05, 3.63) is 24.1 Å². The predicted molar refractivity (Wildman–Crippen MR) is 76.6 cm³/mol. The minimum Gasteiger partial charge on any atom is -0.351 e. The van der Waals surface area contributed by atoms with E-state index in [2.05, 4.69) is 10.3 Å². The topological polar surface area (TPSA) is 48.5 Å². The van der Waals surface area contributed by atoms with Crippen LogP contribution in [0.4, 0.5) is 10.2 Å². The van der Waals surface area contributed by atoms with E-state index in [-0.39, 0.29) is 30.0 Å². The molecule has 1 aromatic heterocycles. The monoisotopic (exact) mass is 300 g/mol. The fourth-order valence-corrected chi connectivity index (χ4v) is 2.47. The first-order chi connectivity index (χ1) is 9.25. The number of pyridine rings is 1. The van der Waals surface area contributed by atoms with E-state index in [9.17, 15) is 9.18 Å². The van der Waals surface area contributed by atoms with Gasteiger partial charge >= 0.3 is 0 Å². The molecule has 0 unspecified atom stereocenters. The van der Waals surface area contributed by atoms with E-state index in [0.717, 1.165) is 13.1 Å². The van der Waals surface area contributed by atoms with Crippen LogP contribution in [0, 0.1) is 11.7 Å². The van der Waals surface area contributed by atoms with Crippen molar-refractivity contribution in [2.45, 2.75) is 0 Å². The van der Waals surface area contributed by atoms with Crippen LogP contribution < -0.4 is 10.2 Å². The van der Waals surface area contributed by atoms with Crippen LogP contribution in [0.15, 0.2) is 18.3 Å². The number of carbonyl (C=O) groups excluding carboxylic acids is 1. The molecule has 1 aromatic rings. The molecule has 7 heteroatoms. The Bertz CT molecular complexity index is 475. The lowest BCUT2D eigenvalue weighted by molar-refractivity contribution is -0.137. The van der Waals surface area contributed by atoms with Gasteiger partial charge in [-0.05, 0) is 12.1 Å². The zero-order valence-electron chi connectivity index (χ0n) is 11.1. The highest BCUT2D eigenvalue weighted by Gasteiger charge is 2.31. The fraction of sp³-hybridized carbons (Fsp3) is 0.538. The average molecular weight is 301 g/mol. The van der Waals surface area contributed by atoms with Crippen LogP contribution in [0.5, 0.6) is 0 Å². The summed E-state index contributed by atoms with van der Waals surface area (Å²) in [6.45, 7) is 4.14. The third kappa shape index (κ3) is 2.86. The lowest BCUT2D eigenvalue weighted by Gasteiger charge is -2.38. The van der Waals surface area contributed by atoms with Crippen LogP contribution in [-0.2, 0) is 4.79 Å². The van der Waals surface area contributed by atoms with Crippen molar-refractivity contribution < 1.29 is 9.18 Å². The van der Waals surface area contributed by atoms with Gasteiger partial charge in [0.2, 0.25) is 5.91 Å². The molecule has 0 bridgehead atoms. The van der Waals surface area contributed by atoms with E-state index in [1.165, 1.54) is 6.07 Å². The zero-order valence-corrected chi connectivity index (χ0v) is 11.9. The molecule has 20 heavy (non-hydrogen) atoms. The first-order valence-corrected chi connectivity index (χ1v) is 6.60. The van der Waals surface area contributed by atoms with Crippen molar-refractivity contribution in [2.75, 3.05) is 44.2 Å². The van der Waals surface area contributed by atoms with Gasteiger partial charge in [0.15, 0.2) is 11.6 Å². The molecular formula is C13H18ClFN4O. The summed E-state index contributed by atoms with van der Waals surface area (Å²) in [5, 5.41) is 3.11. The Kier molecular flexibility index (Phi) is 4.77. The van der Waals surface area contributed by atoms with Crippen molar-refractivity contribution in [1.82, 2.24) is 15.2 Å². The molecule has 3 heterocycles. The van der Waals surface area contributed by atoms with Gasteiger partial charge in [-0.1, -0.05) is 0 Å². The van der Waals surface area contributed by atoms with E-state index in [4.69, 9.17) is 0 Å². The summed E-state index contributed by atoms with van der Waals surface area (Å²) >= 11 is 0. The van der Waals surface area contributed by atoms with E-state index in [0.29, 0.717) is 32.0 Å². The van der Waals surface area contributed by atoms with E-state index < -0.39 is 0 Å². The van der Waals surface area contributed by atoms with Crippen LogP contribution in [-0.4, -0.2) is 55.1 Å². The second-order valence-electron chi connectivity index (χ2n) is 4.98. The summed E-state index contributed by atoms with van der Waals surface area (Å²) in [7, 11) is 0.